The molecule has 0 amide bonds. The Hall–Kier alpha value is -1.03. The van der Waals surface area contributed by atoms with Crippen molar-refractivity contribution in [3.05, 3.63) is 35.0 Å². The monoisotopic (exact) mass is 266 g/mol. The third-order valence-electron chi connectivity index (χ3n) is 2.90. The van der Waals surface area contributed by atoms with Gasteiger partial charge < -0.3 is 14.6 Å². The molecule has 0 fully saturated rings. The first-order chi connectivity index (χ1) is 8.61. The van der Waals surface area contributed by atoms with E-state index in [0.717, 1.165) is 17.1 Å². The molecule has 18 heavy (non-hydrogen) atoms. The number of nitrogens with one attached hydrogen (secondary N) is 1. The minimum absolute atomic E-state index is 0.470. The van der Waals surface area contributed by atoms with E-state index in [1.54, 1.807) is 7.11 Å². The van der Waals surface area contributed by atoms with E-state index in [-0.39, 0.29) is 0 Å². The van der Waals surface area contributed by atoms with Gasteiger partial charge in [-0.2, -0.15) is 0 Å². The Morgan fingerprint density at radius 2 is 2.17 bits per heavy atom. The van der Waals surface area contributed by atoms with E-state index in [9.17, 15) is 0 Å². The van der Waals surface area contributed by atoms with Gasteiger partial charge in [0.15, 0.2) is 0 Å². The topological polar surface area (TPSA) is 26.2 Å². The summed E-state index contributed by atoms with van der Waals surface area (Å²) < 4.78 is 7.30. The van der Waals surface area contributed by atoms with E-state index in [1.165, 1.54) is 10.9 Å². The molecule has 0 spiro atoms. The Balaban J connectivity index is 2.40. The summed E-state index contributed by atoms with van der Waals surface area (Å²) in [6, 6.07) is 6.45. The molecule has 98 valence electrons. The van der Waals surface area contributed by atoms with Gasteiger partial charge in [-0.25, -0.2) is 0 Å². The molecule has 0 radical (unpaired) electrons. The number of hydrogen-bond donors (Lipinski definition) is 1. The lowest BCUT2D eigenvalue weighted by Gasteiger charge is -2.06. The molecule has 1 N–H and O–H groups in total. The van der Waals surface area contributed by atoms with E-state index < -0.39 is 0 Å². The molecule has 0 saturated heterocycles. The number of hydrogen-bond acceptors (Lipinski definition) is 2. The lowest BCUT2D eigenvalue weighted by Crippen LogP contribution is -2.21. The van der Waals surface area contributed by atoms with Crippen LogP contribution in [0.15, 0.2) is 24.4 Å². The minimum atomic E-state index is 0.470. The second-order valence-corrected chi connectivity index (χ2v) is 5.18. The summed E-state index contributed by atoms with van der Waals surface area (Å²) in [5.41, 5.74) is 2.39. The molecule has 0 atom stereocenters. The zero-order chi connectivity index (χ0) is 13.1. The standard InChI is InChI=1S/C14H19ClN2O/c1-10(2)16-7-11-8-17(9-18-3)14-6-12(15)4-5-13(11)14/h4-6,8,10,16H,7,9H2,1-3H3. The van der Waals surface area contributed by atoms with Crippen molar-refractivity contribution in [3.63, 3.8) is 0 Å². The van der Waals surface area contributed by atoms with E-state index in [1.807, 2.05) is 12.1 Å². The lowest BCUT2D eigenvalue weighted by molar-refractivity contribution is 0.134. The Kier molecular flexibility index (Phi) is 4.27. The van der Waals surface area contributed by atoms with Gasteiger partial charge in [0.05, 0.1) is 5.52 Å². The van der Waals surface area contributed by atoms with Crippen LogP contribution in [0.25, 0.3) is 10.9 Å². The molecule has 0 aliphatic heterocycles. The number of nitrogens with zero attached hydrogens (tertiary/aromatic N) is 1. The van der Waals surface area contributed by atoms with Crippen LogP contribution in [0.2, 0.25) is 5.02 Å². The fraction of sp³-hybridized carbons (Fsp3) is 0.429. The van der Waals surface area contributed by atoms with Crippen LogP contribution in [-0.2, 0) is 18.0 Å². The highest BCUT2D eigenvalue weighted by atomic mass is 35.5. The zero-order valence-corrected chi connectivity index (χ0v) is 11.8. The average Bonchev–Trinajstić information content (AvgIpc) is 2.65. The predicted octanol–water partition coefficient (Wildman–Crippen LogP) is 3.40. The van der Waals surface area contributed by atoms with Crippen molar-refractivity contribution in [2.75, 3.05) is 7.11 Å². The number of fused-ring (bicyclic) bond motifs is 1. The Morgan fingerprint density at radius 3 is 2.83 bits per heavy atom. The predicted molar refractivity (Wildman–Crippen MR) is 75.9 cm³/mol. The summed E-state index contributed by atoms with van der Waals surface area (Å²) in [6.07, 6.45) is 2.12. The Bertz CT molecular complexity index is 534. The van der Waals surface area contributed by atoms with Crippen molar-refractivity contribution >= 4 is 22.5 Å². The molecule has 1 aromatic carbocycles. The average molecular weight is 267 g/mol. The quantitative estimate of drug-likeness (QED) is 0.898. The molecule has 1 heterocycles. The highest BCUT2D eigenvalue weighted by Crippen LogP contribution is 2.25. The number of benzene rings is 1. The first-order valence-electron chi connectivity index (χ1n) is 6.11. The summed E-state index contributed by atoms with van der Waals surface area (Å²) in [5.74, 6) is 0. The molecule has 0 saturated carbocycles. The van der Waals surface area contributed by atoms with Crippen molar-refractivity contribution < 1.29 is 4.74 Å². The van der Waals surface area contributed by atoms with Gasteiger partial charge in [0, 0.05) is 36.3 Å². The van der Waals surface area contributed by atoms with Gasteiger partial charge in [0.1, 0.15) is 6.73 Å². The SMILES string of the molecule is COCn1cc(CNC(C)C)c2ccc(Cl)cc21. The maximum atomic E-state index is 6.06. The van der Waals surface area contributed by atoms with E-state index >= 15 is 0 Å². The molecule has 0 aliphatic carbocycles. The third-order valence-corrected chi connectivity index (χ3v) is 3.13. The number of aromatic nitrogens is 1. The second kappa shape index (κ2) is 5.74. The number of rotatable bonds is 5. The fourth-order valence-corrected chi connectivity index (χ4v) is 2.21. The molecule has 0 bridgehead atoms. The molecule has 2 rings (SSSR count). The largest absolute Gasteiger partial charge is 0.364 e. The molecular weight excluding hydrogens is 248 g/mol. The third kappa shape index (κ3) is 2.86. The molecule has 1 aromatic heterocycles. The number of halogens is 1. The van der Waals surface area contributed by atoms with Crippen LogP contribution in [0.1, 0.15) is 19.4 Å². The first kappa shape index (κ1) is 13.4. The van der Waals surface area contributed by atoms with E-state index in [0.29, 0.717) is 12.8 Å². The summed E-state index contributed by atoms with van der Waals surface area (Å²) in [6.45, 7) is 5.68. The Morgan fingerprint density at radius 1 is 1.39 bits per heavy atom. The summed E-state index contributed by atoms with van der Waals surface area (Å²) in [5, 5.41) is 5.41. The van der Waals surface area contributed by atoms with Crippen molar-refractivity contribution in [1.29, 1.82) is 0 Å². The summed E-state index contributed by atoms with van der Waals surface area (Å²) in [7, 11) is 1.70. The smallest absolute Gasteiger partial charge is 0.122 e. The Labute approximate surface area is 113 Å². The molecule has 2 aromatic rings. The highest BCUT2D eigenvalue weighted by molar-refractivity contribution is 6.31. The van der Waals surface area contributed by atoms with E-state index in [4.69, 9.17) is 16.3 Å². The van der Waals surface area contributed by atoms with Gasteiger partial charge in [-0.1, -0.05) is 31.5 Å². The van der Waals surface area contributed by atoms with E-state index in [2.05, 4.69) is 36.0 Å². The van der Waals surface area contributed by atoms with Crippen molar-refractivity contribution in [2.45, 2.75) is 33.2 Å². The zero-order valence-electron chi connectivity index (χ0n) is 11.0. The summed E-state index contributed by atoms with van der Waals surface area (Å²) >= 11 is 6.06. The van der Waals surface area contributed by atoms with Gasteiger partial charge in [0.25, 0.3) is 0 Å². The second-order valence-electron chi connectivity index (χ2n) is 4.74. The molecule has 4 heteroatoms. The maximum Gasteiger partial charge on any atom is 0.122 e. The molecule has 3 nitrogen and oxygen atoms in total. The molecular formula is C14H19ClN2O. The van der Waals surface area contributed by atoms with Crippen LogP contribution >= 0.6 is 11.6 Å². The van der Waals surface area contributed by atoms with Gasteiger partial charge in [-0.05, 0) is 17.7 Å². The molecule has 0 unspecified atom stereocenters. The summed E-state index contributed by atoms with van der Waals surface area (Å²) in [4.78, 5) is 0. The van der Waals surface area contributed by atoms with Gasteiger partial charge >= 0.3 is 0 Å². The van der Waals surface area contributed by atoms with Crippen LogP contribution in [0.3, 0.4) is 0 Å². The van der Waals surface area contributed by atoms with Crippen LogP contribution in [0, 0.1) is 0 Å². The maximum absolute atomic E-state index is 6.06. The van der Waals surface area contributed by atoms with Crippen LogP contribution in [-0.4, -0.2) is 17.7 Å². The van der Waals surface area contributed by atoms with Crippen LogP contribution < -0.4 is 5.32 Å². The number of ether oxygens (including phenoxy) is 1. The fourth-order valence-electron chi connectivity index (χ4n) is 2.04. The van der Waals surface area contributed by atoms with Crippen molar-refractivity contribution in [1.82, 2.24) is 9.88 Å². The first-order valence-corrected chi connectivity index (χ1v) is 6.49. The van der Waals surface area contributed by atoms with Crippen LogP contribution in [0.4, 0.5) is 0 Å². The minimum Gasteiger partial charge on any atom is -0.364 e. The van der Waals surface area contributed by atoms with Gasteiger partial charge in [-0.15, -0.1) is 0 Å². The normalized spacial score (nSPS) is 11.6. The lowest BCUT2D eigenvalue weighted by atomic mass is 10.1. The van der Waals surface area contributed by atoms with Crippen molar-refractivity contribution in [3.8, 4) is 0 Å². The van der Waals surface area contributed by atoms with Crippen LogP contribution in [0.5, 0.6) is 0 Å². The van der Waals surface area contributed by atoms with Gasteiger partial charge in [-0.3, -0.25) is 0 Å². The van der Waals surface area contributed by atoms with Gasteiger partial charge in [0.2, 0.25) is 0 Å². The highest BCUT2D eigenvalue weighted by Gasteiger charge is 2.09. The van der Waals surface area contributed by atoms with Crippen molar-refractivity contribution in [2.24, 2.45) is 0 Å². The molecule has 0 aliphatic rings. The number of methoxy groups -OCH3 is 1.